The van der Waals surface area contributed by atoms with Gasteiger partial charge >= 0.3 is 0 Å². The first-order valence-corrected chi connectivity index (χ1v) is 9.97. The Hall–Kier alpha value is -3.11. The number of methoxy groups -OCH3 is 1. The van der Waals surface area contributed by atoms with E-state index in [1.165, 1.54) is 6.07 Å². The number of benzene rings is 1. The molecule has 0 radical (unpaired) electrons. The highest BCUT2D eigenvalue weighted by atomic mass is 19.1. The maximum absolute atomic E-state index is 13.8. The molecule has 0 saturated heterocycles. The van der Waals surface area contributed by atoms with Crippen molar-refractivity contribution in [3.8, 4) is 0 Å². The molecule has 0 bridgehead atoms. The summed E-state index contributed by atoms with van der Waals surface area (Å²) in [7, 11) is 1.62. The number of furan rings is 1. The van der Waals surface area contributed by atoms with Crippen molar-refractivity contribution in [3.63, 3.8) is 0 Å². The summed E-state index contributed by atoms with van der Waals surface area (Å²) < 4.78 is 40.4. The highest BCUT2D eigenvalue weighted by molar-refractivity contribution is 5.94. The molecule has 0 unspecified atom stereocenters. The molecule has 164 valence electrons. The number of hydrogen-bond acceptors (Lipinski definition) is 6. The van der Waals surface area contributed by atoms with Crippen molar-refractivity contribution in [1.82, 2.24) is 25.0 Å². The van der Waals surface area contributed by atoms with Crippen LogP contribution in [0, 0.1) is 11.6 Å². The lowest BCUT2D eigenvalue weighted by atomic mass is 10.2. The van der Waals surface area contributed by atoms with Crippen LogP contribution >= 0.6 is 0 Å². The Morgan fingerprint density at radius 1 is 1.13 bits per heavy atom. The first-order chi connectivity index (χ1) is 15.0. The normalized spacial score (nSPS) is 14.3. The van der Waals surface area contributed by atoms with E-state index in [0.717, 1.165) is 42.6 Å². The molecule has 3 heterocycles. The number of aromatic nitrogens is 3. The standard InChI is InChI=1S/C21H23F2N5O3/c1-30-13-15-6-5-14(31-15)12-27-8-7-18-25-26-19(28(18)10-9-27)11-24-21(29)20-16(22)3-2-4-17(20)23/h2-6H,7-13H2,1H3,(H,24,29). The zero-order chi connectivity index (χ0) is 21.8. The van der Waals surface area contributed by atoms with Gasteiger partial charge in [-0.2, -0.15) is 0 Å². The van der Waals surface area contributed by atoms with Crippen LogP contribution in [0.15, 0.2) is 34.7 Å². The fraction of sp³-hybridized carbons (Fsp3) is 0.381. The summed E-state index contributed by atoms with van der Waals surface area (Å²) in [6.45, 7) is 3.29. The molecular weight excluding hydrogens is 408 g/mol. The Kier molecular flexibility index (Phi) is 6.38. The number of fused-ring (bicyclic) bond motifs is 1. The van der Waals surface area contributed by atoms with Crippen LogP contribution in [-0.4, -0.2) is 45.8 Å². The summed E-state index contributed by atoms with van der Waals surface area (Å²) >= 11 is 0. The molecule has 8 nitrogen and oxygen atoms in total. The average molecular weight is 431 g/mol. The molecular formula is C21H23F2N5O3. The largest absolute Gasteiger partial charge is 0.462 e. The van der Waals surface area contributed by atoms with Crippen LogP contribution in [0.3, 0.4) is 0 Å². The average Bonchev–Trinajstić information content (AvgIpc) is 3.29. The van der Waals surface area contributed by atoms with Gasteiger partial charge in [-0.25, -0.2) is 8.78 Å². The second-order valence-electron chi connectivity index (χ2n) is 7.29. The number of nitrogens with one attached hydrogen (secondary N) is 1. The number of carbonyl (C=O) groups is 1. The Morgan fingerprint density at radius 3 is 2.68 bits per heavy atom. The lowest BCUT2D eigenvalue weighted by Crippen LogP contribution is -2.28. The molecule has 1 aliphatic heterocycles. The van der Waals surface area contributed by atoms with Gasteiger partial charge in [0, 0.05) is 33.2 Å². The molecule has 1 aromatic carbocycles. The summed E-state index contributed by atoms with van der Waals surface area (Å²) in [6, 6.07) is 7.17. The monoisotopic (exact) mass is 431 g/mol. The van der Waals surface area contributed by atoms with Crippen LogP contribution in [0.1, 0.15) is 33.5 Å². The van der Waals surface area contributed by atoms with Crippen molar-refractivity contribution in [1.29, 1.82) is 0 Å². The summed E-state index contributed by atoms with van der Waals surface area (Å²) in [6.07, 6.45) is 0.689. The van der Waals surface area contributed by atoms with Crippen LogP contribution in [0.4, 0.5) is 8.78 Å². The number of carbonyl (C=O) groups excluding carboxylic acids is 1. The van der Waals surface area contributed by atoms with E-state index >= 15 is 0 Å². The summed E-state index contributed by atoms with van der Waals surface area (Å²) in [5.41, 5.74) is -0.601. The van der Waals surface area contributed by atoms with Crippen LogP contribution < -0.4 is 5.32 Å². The Balaban J connectivity index is 1.37. The second kappa shape index (κ2) is 9.36. The first-order valence-electron chi connectivity index (χ1n) is 9.97. The quantitative estimate of drug-likeness (QED) is 0.618. The topological polar surface area (TPSA) is 85.4 Å². The van der Waals surface area contributed by atoms with E-state index in [4.69, 9.17) is 9.15 Å². The molecule has 0 atom stereocenters. The third-order valence-electron chi connectivity index (χ3n) is 5.18. The molecule has 0 aliphatic carbocycles. The predicted molar refractivity (Wildman–Crippen MR) is 106 cm³/mol. The molecule has 10 heteroatoms. The van der Waals surface area contributed by atoms with Gasteiger partial charge in [0.15, 0.2) is 5.82 Å². The van der Waals surface area contributed by atoms with Gasteiger partial charge in [0.1, 0.15) is 41.1 Å². The van der Waals surface area contributed by atoms with Crippen LogP contribution in [0.5, 0.6) is 0 Å². The minimum atomic E-state index is -0.903. The lowest BCUT2D eigenvalue weighted by Gasteiger charge is -2.18. The fourth-order valence-corrected chi connectivity index (χ4v) is 3.63. The van der Waals surface area contributed by atoms with Gasteiger partial charge < -0.3 is 19.0 Å². The molecule has 4 rings (SSSR count). The SMILES string of the molecule is COCc1ccc(CN2CCc3nnc(CNC(=O)c4c(F)cccc4F)n3CC2)o1. The fourth-order valence-electron chi connectivity index (χ4n) is 3.63. The van der Waals surface area contributed by atoms with E-state index in [-0.39, 0.29) is 6.54 Å². The molecule has 0 spiro atoms. The third kappa shape index (κ3) is 4.80. The predicted octanol–water partition coefficient (Wildman–Crippen LogP) is 2.28. The van der Waals surface area contributed by atoms with Crippen LogP contribution in [0.2, 0.25) is 0 Å². The van der Waals surface area contributed by atoms with Crippen molar-refractivity contribution in [2.45, 2.75) is 32.7 Å². The van der Waals surface area contributed by atoms with Crippen molar-refractivity contribution >= 4 is 5.91 Å². The van der Waals surface area contributed by atoms with Crippen molar-refractivity contribution in [2.24, 2.45) is 0 Å². The zero-order valence-electron chi connectivity index (χ0n) is 17.1. The van der Waals surface area contributed by atoms with Crippen LogP contribution in [-0.2, 0) is 37.4 Å². The van der Waals surface area contributed by atoms with E-state index in [1.54, 1.807) is 7.11 Å². The Bertz CT molecular complexity index is 1040. The van der Waals surface area contributed by atoms with E-state index in [9.17, 15) is 13.6 Å². The number of amides is 1. The second-order valence-corrected chi connectivity index (χ2v) is 7.29. The van der Waals surface area contributed by atoms with Gasteiger partial charge in [-0.1, -0.05) is 6.07 Å². The number of halogens is 2. The highest BCUT2D eigenvalue weighted by Gasteiger charge is 2.21. The number of ether oxygens (including phenoxy) is 1. The van der Waals surface area contributed by atoms with Crippen molar-refractivity contribution in [3.05, 3.63) is 70.7 Å². The number of nitrogens with zero attached hydrogens (tertiary/aromatic N) is 4. The maximum Gasteiger partial charge on any atom is 0.257 e. The summed E-state index contributed by atoms with van der Waals surface area (Å²) in [5.74, 6) is 0.371. The summed E-state index contributed by atoms with van der Waals surface area (Å²) in [4.78, 5) is 14.5. The van der Waals surface area contributed by atoms with E-state index in [2.05, 4.69) is 20.4 Å². The highest BCUT2D eigenvalue weighted by Crippen LogP contribution is 2.16. The van der Waals surface area contributed by atoms with Crippen LogP contribution in [0.25, 0.3) is 0 Å². The Morgan fingerprint density at radius 2 is 1.90 bits per heavy atom. The van der Waals surface area contributed by atoms with Crippen molar-refractivity contribution in [2.75, 3.05) is 20.2 Å². The van der Waals surface area contributed by atoms with E-state index in [0.29, 0.717) is 31.9 Å². The first kappa shape index (κ1) is 21.1. The molecule has 2 aromatic heterocycles. The smallest absolute Gasteiger partial charge is 0.257 e. The van der Waals surface area contributed by atoms with Gasteiger partial charge in [0.05, 0.1) is 13.1 Å². The van der Waals surface area contributed by atoms with Gasteiger partial charge in [0.25, 0.3) is 5.91 Å². The number of rotatable bonds is 7. The lowest BCUT2D eigenvalue weighted by molar-refractivity contribution is 0.0941. The molecule has 1 aliphatic rings. The molecule has 0 fully saturated rings. The Labute approximate surface area is 177 Å². The van der Waals surface area contributed by atoms with Gasteiger partial charge in [-0.3, -0.25) is 9.69 Å². The van der Waals surface area contributed by atoms with E-state index in [1.807, 2.05) is 16.7 Å². The molecule has 0 saturated carbocycles. The summed E-state index contributed by atoms with van der Waals surface area (Å²) in [5, 5.41) is 10.9. The maximum atomic E-state index is 13.8. The minimum absolute atomic E-state index is 0.0260. The van der Waals surface area contributed by atoms with E-state index < -0.39 is 23.1 Å². The molecule has 31 heavy (non-hydrogen) atoms. The minimum Gasteiger partial charge on any atom is -0.462 e. The van der Waals surface area contributed by atoms with Gasteiger partial charge in [-0.15, -0.1) is 10.2 Å². The number of hydrogen-bond donors (Lipinski definition) is 1. The molecule has 3 aromatic rings. The molecule has 1 amide bonds. The molecule has 1 N–H and O–H groups in total. The third-order valence-corrected chi connectivity index (χ3v) is 5.18. The van der Waals surface area contributed by atoms with Crippen molar-refractivity contribution < 1.29 is 22.7 Å². The van der Waals surface area contributed by atoms with Gasteiger partial charge in [-0.05, 0) is 24.3 Å². The zero-order valence-corrected chi connectivity index (χ0v) is 17.1. The van der Waals surface area contributed by atoms with Gasteiger partial charge in [0.2, 0.25) is 0 Å².